The Kier molecular flexibility index (Phi) is 4.41. The minimum absolute atomic E-state index is 0.591. The molecule has 1 aromatic rings. The van der Waals surface area contributed by atoms with Crippen LogP contribution in [0.1, 0.15) is 18.4 Å². The number of nitrogens with one attached hydrogen (secondary N) is 1. The molecule has 1 fully saturated rings. The predicted molar refractivity (Wildman–Crippen MR) is 69.9 cm³/mol. The first-order valence-electron chi connectivity index (χ1n) is 5.83. The molecule has 0 spiro atoms. The molecule has 1 N–H and O–H groups in total. The van der Waals surface area contributed by atoms with Gasteiger partial charge in [0, 0.05) is 4.47 Å². The third-order valence-electron chi connectivity index (χ3n) is 3.00. The van der Waals surface area contributed by atoms with Gasteiger partial charge in [-0.15, -0.1) is 0 Å². The Bertz CT molecular complexity index is 422. The fourth-order valence-electron chi connectivity index (χ4n) is 1.97. The molecule has 0 radical (unpaired) electrons. The summed E-state index contributed by atoms with van der Waals surface area (Å²) in [5.41, 5.74) is 0.591. The van der Waals surface area contributed by atoms with Crippen molar-refractivity contribution in [1.82, 2.24) is 5.32 Å². The SMILES string of the molecule is N#Cc1cc(Br)ccc1OCC1CCNCC1. The number of rotatable bonds is 3. The van der Waals surface area contributed by atoms with Crippen molar-refractivity contribution >= 4 is 15.9 Å². The zero-order valence-corrected chi connectivity index (χ0v) is 11.2. The van der Waals surface area contributed by atoms with Gasteiger partial charge in [-0.25, -0.2) is 0 Å². The first-order valence-corrected chi connectivity index (χ1v) is 6.62. The predicted octanol–water partition coefficient (Wildman–Crippen LogP) is 2.70. The molecule has 17 heavy (non-hydrogen) atoms. The average Bonchev–Trinajstić information content (AvgIpc) is 2.38. The molecule has 1 aromatic carbocycles. The molecule has 0 bridgehead atoms. The Labute approximate surface area is 110 Å². The number of halogens is 1. The van der Waals surface area contributed by atoms with Crippen LogP contribution in [0.25, 0.3) is 0 Å². The zero-order valence-electron chi connectivity index (χ0n) is 9.58. The lowest BCUT2D eigenvalue weighted by molar-refractivity contribution is 0.215. The number of hydrogen-bond donors (Lipinski definition) is 1. The minimum atomic E-state index is 0.591. The van der Waals surface area contributed by atoms with Crippen LogP contribution >= 0.6 is 15.9 Å². The molecule has 0 atom stereocenters. The third-order valence-corrected chi connectivity index (χ3v) is 3.49. The molecule has 0 amide bonds. The highest BCUT2D eigenvalue weighted by Crippen LogP contribution is 2.23. The van der Waals surface area contributed by atoms with Crippen LogP contribution in [0.5, 0.6) is 5.75 Å². The van der Waals surface area contributed by atoms with Gasteiger partial charge in [0.05, 0.1) is 12.2 Å². The quantitative estimate of drug-likeness (QED) is 0.932. The summed E-state index contributed by atoms with van der Waals surface area (Å²) in [5, 5.41) is 12.3. The van der Waals surface area contributed by atoms with E-state index in [0.29, 0.717) is 23.8 Å². The maximum atomic E-state index is 9.02. The van der Waals surface area contributed by atoms with Gasteiger partial charge in [-0.1, -0.05) is 15.9 Å². The van der Waals surface area contributed by atoms with E-state index in [1.807, 2.05) is 12.1 Å². The third kappa shape index (κ3) is 3.45. The lowest BCUT2D eigenvalue weighted by Gasteiger charge is -2.22. The standard InChI is InChI=1S/C13H15BrN2O/c14-12-1-2-13(11(7-12)8-15)17-9-10-3-5-16-6-4-10/h1-2,7,10,16H,3-6,9H2. The largest absolute Gasteiger partial charge is 0.492 e. The Hall–Kier alpha value is -1.05. The van der Waals surface area contributed by atoms with Gasteiger partial charge < -0.3 is 10.1 Å². The summed E-state index contributed by atoms with van der Waals surface area (Å²) in [6.07, 6.45) is 2.30. The van der Waals surface area contributed by atoms with E-state index in [2.05, 4.69) is 27.3 Å². The summed E-state index contributed by atoms with van der Waals surface area (Å²) in [5.74, 6) is 1.29. The average molecular weight is 295 g/mol. The normalized spacial score (nSPS) is 16.5. The van der Waals surface area contributed by atoms with Crippen molar-refractivity contribution in [2.24, 2.45) is 5.92 Å². The van der Waals surface area contributed by atoms with Crippen LogP contribution in [0, 0.1) is 17.2 Å². The van der Waals surface area contributed by atoms with E-state index in [9.17, 15) is 0 Å². The van der Waals surface area contributed by atoms with Gasteiger partial charge in [0.1, 0.15) is 11.8 Å². The van der Waals surface area contributed by atoms with Gasteiger partial charge in [-0.2, -0.15) is 5.26 Å². The van der Waals surface area contributed by atoms with Crippen LogP contribution in [-0.4, -0.2) is 19.7 Å². The number of benzene rings is 1. The second kappa shape index (κ2) is 6.04. The molecular weight excluding hydrogens is 280 g/mol. The molecule has 0 aromatic heterocycles. The minimum Gasteiger partial charge on any atom is -0.492 e. The summed E-state index contributed by atoms with van der Waals surface area (Å²) in [7, 11) is 0. The number of hydrogen-bond acceptors (Lipinski definition) is 3. The van der Waals surface area contributed by atoms with Gasteiger partial charge in [0.15, 0.2) is 0 Å². The highest BCUT2D eigenvalue weighted by atomic mass is 79.9. The second-order valence-electron chi connectivity index (χ2n) is 4.26. The lowest BCUT2D eigenvalue weighted by atomic mass is 9.99. The molecule has 1 heterocycles. The molecule has 0 unspecified atom stereocenters. The molecule has 0 saturated carbocycles. The number of nitrogens with zero attached hydrogens (tertiary/aromatic N) is 1. The van der Waals surface area contributed by atoms with Crippen molar-refractivity contribution in [3.05, 3.63) is 28.2 Å². The second-order valence-corrected chi connectivity index (χ2v) is 5.17. The maximum absolute atomic E-state index is 9.02. The molecular formula is C13H15BrN2O. The van der Waals surface area contributed by atoms with Crippen LogP contribution < -0.4 is 10.1 Å². The molecule has 1 aliphatic heterocycles. The summed E-state index contributed by atoms with van der Waals surface area (Å²) in [6, 6.07) is 7.70. The Morgan fingerprint density at radius 3 is 2.88 bits per heavy atom. The van der Waals surface area contributed by atoms with Gasteiger partial charge in [-0.3, -0.25) is 0 Å². The van der Waals surface area contributed by atoms with E-state index in [1.165, 1.54) is 0 Å². The van der Waals surface area contributed by atoms with Crippen LogP contribution in [0.3, 0.4) is 0 Å². The van der Waals surface area contributed by atoms with Gasteiger partial charge in [0.2, 0.25) is 0 Å². The molecule has 2 rings (SSSR count). The molecule has 90 valence electrons. The van der Waals surface area contributed by atoms with Crippen LogP contribution in [0.2, 0.25) is 0 Å². The molecule has 0 aliphatic carbocycles. The maximum Gasteiger partial charge on any atom is 0.137 e. The first kappa shape index (κ1) is 12.4. The number of piperidine rings is 1. The van der Waals surface area contributed by atoms with Crippen LogP contribution in [0.15, 0.2) is 22.7 Å². The van der Waals surface area contributed by atoms with E-state index in [0.717, 1.165) is 30.4 Å². The first-order chi connectivity index (χ1) is 8.29. The van der Waals surface area contributed by atoms with E-state index in [-0.39, 0.29) is 0 Å². The topological polar surface area (TPSA) is 45.0 Å². The van der Waals surface area contributed by atoms with Crippen molar-refractivity contribution in [2.45, 2.75) is 12.8 Å². The monoisotopic (exact) mass is 294 g/mol. The summed E-state index contributed by atoms with van der Waals surface area (Å²) in [6.45, 7) is 2.84. The summed E-state index contributed by atoms with van der Waals surface area (Å²) >= 11 is 3.35. The lowest BCUT2D eigenvalue weighted by Crippen LogP contribution is -2.30. The highest BCUT2D eigenvalue weighted by Gasteiger charge is 2.14. The summed E-state index contributed by atoms with van der Waals surface area (Å²) in [4.78, 5) is 0. The fourth-order valence-corrected chi connectivity index (χ4v) is 2.33. The van der Waals surface area contributed by atoms with E-state index < -0.39 is 0 Å². The van der Waals surface area contributed by atoms with E-state index >= 15 is 0 Å². The number of ether oxygens (including phenoxy) is 1. The Balaban J connectivity index is 1.96. The fraction of sp³-hybridized carbons (Fsp3) is 0.462. The Morgan fingerprint density at radius 1 is 1.41 bits per heavy atom. The van der Waals surface area contributed by atoms with Crippen molar-refractivity contribution < 1.29 is 4.74 Å². The van der Waals surface area contributed by atoms with Crippen molar-refractivity contribution in [1.29, 1.82) is 5.26 Å². The smallest absolute Gasteiger partial charge is 0.137 e. The molecule has 4 heteroatoms. The molecule has 3 nitrogen and oxygen atoms in total. The van der Waals surface area contributed by atoms with Crippen LogP contribution in [0.4, 0.5) is 0 Å². The van der Waals surface area contributed by atoms with Crippen molar-refractivity contribution in [3.8, 4) is 11.8 Å². The molecule has 1 saturated heterocycles. The van der Waals surface area contributed by atoms with E-state index in [4.69, 9.17) is 10.00 Å². The van der Waals surface area contributed by atoms with Crippen molar-refractivity contribution in [2.75, 3.05) is 19.7 Å². The number of nitriles is 1. The van der Waals surface area contributed by atoms with Crippen LogP contribution in [-0.2, 0) is 0 Å². The summed E-state index contributed by atoms with van der Waals surface area (Å²) < 4.78 is 6.66. The molecule has 1 aliphatic rings. The van der Waals surface area contributed by atoms with Gasteiger partial charge in [-0.05, 0) is 50.0 Å². The Morgan fingerprint density at radius 2 is 2.18 bits per heavy atom. The van der Waals surface area contributed by atoms with Gasteiger partial charge in [0.25, 0.3) is 0 Å². The highest BCUT2D eigenvalue weighted by molar-refractivity contribution is 9.10. The van der Waals surface area contributed by atoms with Crippen molar-refractivity contribution in [3.63, 3.8) is 0 Å². The zero-order chi connectivity index (χ0) is 12.1. The van der Waals surface area contributed by atoms with Gasteiger partial charge >= 0.3 is 0 Å². The van der Waals surface area contributed by atoms with E-state index in [1.54, 1.807) is 6.07 Å².